The molecular weight excluding hydrogens is 367 g/mol. The highest BCUT2D eigenvalue weighted by atomic mass is 35.5. The highest BCUT2D eigenvalue weighted by Crippen LogP contribution is 2.20. The van der Waals surface area contributed by atoms with E-state index in [4.69, 9.17) is 5.73 Å². The molecule has 1 aromatic heterocycles. The molecule has 0 bridgehead atoms. The Hall–Kier alpha value is -0.400. The minimum Gasteiger partial charge on any atom is -0.351 e. The molecule has 0 saturated carbocycles. The zero-order valence-electron chi connectivity index (χ0n) is 14.5. The van der Waals surface area contributed by atoms with Crippen LogP contribution in [0.25, 0.3) is 0 Å². The fraction of sp³-hybridized carbons (Fsp3) is 0.750. The quantitative estimate of drug-likeness (QED) is 0.694. The van der Waals surface area contributed by atoms with E-state index >= 15 is 0 Å². The molecule has 2 rings (SSSR count). The number of halogens is 2. The second-order valence-corrected chi connectivity index (χ2v) is 7.44. The number of carbonyl (C=O) groups excluding carboxylic acids is 1. The number of nitrogens with two attached hydrogens (primary N) is 1. The van der Waals surface area contributed by atoms with Gasteiger partial charge in [-0.05, 0) is 37.6 Å². The van der Waals surface area contributed by atoms with E-state index in [1.165, 1.54) is 30.8 Å². The third-order valence-corrected chi connectivity index (χ3v) is 4.96. The van der Waals surface area contributed by atoms with Crippen molar-refractivity contribution >= 4 is 42.1 Å². The number of hydrogen-bond donors (Lipinski definition) is 2. The van der Waals surface area contributed by atoms with E-state index in [2.05, 4.69) is 29.0 Å². The van der Waals surface area contributed by atoms with E-state index < -0.39 is 0 Å². The lowest BCUT2D eigenvalue weighted by Gasteiger charge is -2.34. The van der Waals surface area contributed by atoms with Crippen LogP contribution in [0.1, 0.15) is 48.6 Å². The van der Waals surface area contributed by atoms with Crippen molar-refractivity contribution < 1.29 is 4.79 Å². The van der Waals surface area contributed by atoms with Gasteiger partial charge < -0.3 is 16.0 Å². The van der Waals surface area contributed by atoms with Crippen molar-refractivity contribution in [3.05, 3.63) is 16.1 Å². The highest BCUT2D eigenvalue weighted by Gasteiger charge is 2.20. The van der Waals surface area contributed by atoms with Gasteiger partial charge in [0.15, 0.2) is 0 Å². The smallest absolute Gasteiger partial charge is 0.270 e. The molecule has 1 aromatic rings. The predicted octanol–water partition coefficient (Wildman–Crippen LogP) is 2.93. The second-order valence-electron chi connectivity index (χ2n) is 6.50. The van der Waals surface area contributed by atoms with Crippen molar-refractivity contribution in [3.8, 4) is 0 Å². The van der Waals surface area contributed by atoms with Gasteiger partial charge >= 0.3 is 0 Å². The molecule has 1 fully saturated rings. The minimum absolute atomic E-state index is 0. The first-order chi connectivity index (χ1) is 10.6. The van der Waals surface area contributed by atoms with Crippen LogP contribution in [-0.2, 0) is 6.54 Å². The highest BCUT2D eigenvalue weighted by molar-refractivity contribution is 7.09. The van der Waals surface area contributed by atoms with Gasteiger partial charge in [-0.3, -0.25) is 4.79 Å². The first kappa shape index (κ1) is 23.6. The molecule has 140 valence electrons. The number of nitrogens with zero attached hydrogens (tertiary/aromatic N) is 2. The van der Waals surface area contributed by atoms with Gasteiger partial charge in [-0.25, -0.2) is 4.98 Å². The summed E-state index contributed by atoms with van der Waals surface area (Å²) in [7, 11) is 0. The normalized spacial score (nSPS) is 20.8. The van der Waals surface area contributed by atoms with E-state index in [-0.39, 0.29) is 30.7 Å². The Morgan fingerprint density at radius 3 is 2.58 bits per heavy atom. The van der Waals surface area contributed by atoms with E-state index in [1.807, 2.05) is 0 Å². The number of nitrogens with one attached hydrogen (secondary N) is 1. The van der Waals surface area contributed by atoms with Gasteiger partial charge in [-0.1, -0.05) is 13.8 Å². The van der Waals surface area contributed by atoms with Gasteiger partial charge in [0.2, 0.25) is 0 Å². The maximum Gasteiger partial charge on any atom is 0.270 e. The molecule has 2 heterocycles. The molecule has 3 N–H and O–H groups in total. The topological polar surface area (TPSA) is 71.2 Å². The standard InChI is InChI=1S/C16H28N4OS.2ClH/c1-12-7-13(2)10-20(9-12)6-4-3-5-18-16(21)14-11-22-15(8-17)19-14;;/h11-13H,3-10,17H2,1-2H3,(H,18,21);2*1H. The number of hydrogen-bond acceptors (Lipinski definition) is 5. The van der Waals surface area contributed by atoms with Crippen LogP contribution >= 0.6 is 36.2 Å². The van der Waals surface area contributed by atoms with Crippen molar-refractivity contribution in [2.75, 3.05) is 26.2 Å². The molecule has 0 aliphatic carbocycles. The molecule has 0 radical (unpaired) electrons. The average Bonchev–Trinajstić information content (AvgIpc) is 2.94. The molecule has 1 aliphatic rings. The largest absolute Gasteiger partial charge is 0.351 e. The molecule has 1 aliphatic heterocycles. The molecule has 1 saturated heterocycles. The van der Waals surface area contributed by atoms with Gasteiger partial charge in [0.25, 0.3) is 5.91 Å². The van der Waals surface area contributed by atoms with Gasteiger partial charge in [0.1, 0.15) is 10.7 Å². The van der Waals surface area contributed by atoms with Crippen LogP contribution in [0.5, 0.6) is 0 Å². The van der Waals surface area contributed by atoms with Crippen LogP contribution in [0.4, 0.5) is 0 Å². The third-order valence-electron chi connectivity index (χ3n) is 4.09. The minimum atomic E-state index is -0.0869. The van der Waals surface area contributed by atoms with Crippen LogP contribution in [0.3, 0.4) is 0 Å². The summed E-state index contributed by atoms with van der Waals surface area (Å²) in [4.78, 5) is 18.7. The van der Waals surface area contributed by atoms with Crippen molar-refractivity contribution in [2.24, 2.45) is 17.6 Å². The lowest BCUT2D eigenvalue weighted by Crippen LogP contribution is -2.39. The van der Waals surface area contributed by atoms with E-state index in [9.17, 15) is 4.79 Å². The molecule has 24 heavy (non-hydrogen) atoms. The van der Waals surface area contributed by atoms with Gasteiger partial charge in [0, 0.05) is 31.6 Å². The first-order valence-electron chi connectivity index (χ1n) is 8.23. The summed E-state index contributed by atoms with van der Waals surface area (Å²) in [5.74, 6) is 1.53. The SMILES string of the molecule is CC1CC(C)CN(CCCCNC(=O)c2csc(CN)n2)C1.Cl.Cl. The monoisotopic (exact) mass is 396 g/mol. The van der Waals surface area contributed by atoms with E-state index in [0.717, 1.165) is 36.2 Å². The molecule has 2 unspecified atom stereocenters. The zero-order valence-corrected chi connectivity index (χ0v) is 16.9. The first-order valence-corrected chi connectivity index (χ1v) is 9.11. The van der Waals surface area contributed by atoms with Crippen molar-refractivity contribution in [1.82, 2.24) is 15.2 Å². The Labute approximate surface area is 161 Å². The predicted molar refractivity (Wildman–Crippen MR) is 105 cm³/mol. The molecule has 8 heteroatoms. The maximum absolute atomic E-state index is 11.9. The summed E-state index contributed by atoms with van der Waals surface area (Å²) in [5.41, 5.74) is 5.99. The maximum atomic E-state index is 11.9. The molecule has 1 amide bonds. The number of thiazole rings is 1. The van der Waals surface area contributed by atoms with Gasteiger partial charge in [-0.2, -0.15) is 0 Å². The molecule has 2 atom stereocenters. The van der Waals surface area contributed by atoms with E-state index in [1.54, 1.807) is 5.38 Å². The number of piperidine rings is 1. The summed E-state index contributed by atoms with van der Waals surface area (Å²) in [6, 6.07) is 0. The third kappa shape index (κ3) is 7.66. The van der Waals surface area contributed by atoms with Crippen LogP contribution in [-0.4, -0.2) is 42.0 Å². The summed E-state index contributed by atoms with van der Waals surface area (Å²) in [5, 5.41) is 5.51. The number of likely N-dealkylation sites (tertiary alicyclic amines) is 1. The number of carbonyl (C=O) groups is 1. The number of aromatic nitrogens is 1. The Balaban J connectivity index is 0.00000264. The Kier molecular flexibility index (Phi) is 11.8. The van der Waals surface area contributed by atoms with Gasteiger partial charge in [-0.15, -0.1) is 36.2 Å². The van der Waals surface area contributed by atoms with Crippen molar-refractivity contribution in [2.45, 2.75) is 39.7 Å². The lowest BCUT2D eigenvalue weighted by atomic mass is 9.92. The lowest BCUT2D eigenvalue weighted by molar-refractivity contribution is 0.0947. The van der Waals surface area contributed by atoms with Crippen LogP contribution < -0.4 is 11.1 Å². The van der Waals surface area contributed by atoms with Gasteiger partial charge in [0.05, 0.1) is 0 Å². The Morgan fingerprint density at radius 2 is 2.00 bits per heavy atom. The van der Waals surface area contributed by atoms with Crippen LogP contribution in [0.15, 0.2) is 5.38 Å². The molecule has 0 aromatic carbocycles. The Morgan fingerprint density at radius 1 is 1.33 bits per heavy atom. The zero-order chi connectivity index (χ0) is 15.9. The van der Waals surface area contributed by atoms with Crippen molar-refractivity contribution in [1.29, 1.82) is 0 Å². The Bertz CT molecular complexity index is 476. The number of unbranched alkanes of at least 4 members (excludes halogenated alkanes) is 1. The summed E-state index contributed by atoms with van der Waals surface area (Å²) in [6.07, 6.45) is 3.49. The molecular formula is C16H30Cl2N4OS. The van der Waals surface area contributed by atoms with Crippen LogP contribution in [0, 0.1) is 11.8 Å². The van der Waals surface area contributed by atoms with Crippen molar-refractivity contribution in [3.63, 3.8) is 0 Å². The van der Waals surface area contributed by atoms with Crippen LogP contribution in [0.2, 0.25) is 0 Å². The van der Waals surface area contributed by atoms with E-state index in [0.29, 0.717) is 18.8 Å². The molecule has 0 spiro atoms. The fourth-order valence-corrected chi connectivity index (χ4v) is 3.89. The number of rotatable bonds is 7. The second kappa shape index (κ2) is 12.0. The summed E-state index contributed by atoms with van der Waals surface area (Å²) < 4.78 is 0. The summed E-state index contributed by atoms with van der Waals surface area (Å²) in [6.45, 7) is 9.36. The number of amides is 1. The average molecular weight is 397 g/mol. The summed E-state index contributed by atoms with van der Waals surface area (Å²) >= 11 is 1.44. The molecule has 5 nitrogen and oxygen atoms in total. The fourth-order valence-electron chi connectivity index (χ4n) is 3.24.